The number of methoxy groups -OCH3 is 3. The molecule has 0 aliphatic heterocycles. The van der Waals surface area contributed by atoms with Crippen molar-refractivity contribution in [2.24, 2.45) is 0 Å². The molecular weight excluding hydrogens is 456 g/mol. The quantitative estimate of drug-likeness (QED) is 0.299. The summed E-state index contributed by atoms with van der Waals surface area (Å²) in [6.45, 7) is 5.88. The molecule has 0 aliphatic rings. The van der Waals surface area contributed by atoms with E-state index in [1.54, 1.807) is 45.6 Å². The SMILES string of the molecule is CCN(CC)c1ccc(/C=C(\Sc2n[nH]c(-c3cc(OC)cc(OC)c3)n2)C(=O)O)c(OC)c1. The highest BCUT2D eigenvalue weighted by atomic mass is 32.2. The second kappa shape index (κ2) is 11.5. The number of carbonyl (C=O) groups is 1. The summed E-state index contributed by atoms with van der Waals surface area (Å²) in [5, 5.41) is 17.1. The van der Waals surface area contributed by atoms with Gasteiger partial charge in [-0.15, -0.1) is 5.10 Å². The van der Waals surface area contributed by atoms with Crippen LogP contribution in [-0.2, 0) is 4.79 Å². The van der Waals surface area contributed by atoms with Crippen LogP contribution in [0.5, 0.6) is 17.2 Å². The highest BCUT2D eigenvalue weighted by Crippen LogP contribution is 2.33. The minimum absolute atomic E-state index is 0.0580. The van der Waals surface area contributed by atoms with Crippen molar-refractivity contribution in [1.29, 1.82) is 0 Å². The molecule has 0 amide bonds. The van der Waals surface area contributed by atoms with E-state index in [0.29, 0.717) is 34.2 Å². The Hall–Kier alpha value is -3.66. The summed E-state index contributed by atoms with van der Waals surface area (Å²) in [6.07, 6.45) is 1.56. The molecule has 0 fully saturated rings. The third-order valence-electron chi connectivity index (χ3n) is 5.13. The number of carboxylic acid groups (broad SMARTS) is 1. The molecule has 0 atom stereocenters. The molecule has 0 radical (unpaired) electrons. The first-order chi connectivity index (χ1) is 16.4. The number of hydrogen-bond acceptors (Lipinski definition) is 8. The zero-order valence-corrected chi connectivity index (χ0v) is 20.6. The number of ether oxygens (including phenoxy) is 3. The molecule has 3 aromatic rings. The number of aromatic amines is 1. The van der Waals surface area contributed by atoms with Crippen molar-refractivity contribution in [2.75, 3.05) is 39.3 Å². The Kier molecular flexibility index (Phi) is 8.42. The van der Waals surface area contributed by atoms with E-state index in [-0.39, 0.29) is 10.1 Å². The Balaban J connectivity index is 1.90. The first-order valence-electron chi connectivity index (χ1n) is 10.6. The molecule has 9 nitrogen and oxygen atoms in total. The van der Waals surface area contributed by atoms with Gasteiger partial charge in [-0.3, -0.25) is 5.10 Å². The molecule has 0 aliphatic carbocycles. The second-order valence-electron chi connectivity index (χ2n) is 7.08. The highest BCUT2D eigenvalue weighted by molar-refractivity contribution is 8.04. The van der Waals surface area contributed by atoms with Crippen LogP contribution < -0.4 is 19.1 Å². The van der Waals surface area contributed by atoms with Crippen molar-refractivity contribution < 1.29 is 24.1 Å². The number of hydrogen-bond donors (Lipinski definition) is 2. The fraction of sp³-hybridized carbons (Fsp3) is 0.292. The van der Waals surface area contributed by atoms with Crippen LogP contribution in [0.1, 0.15) is 19.4 Å². The molecule has 10 heteroatoms. The van der Waals surface area contributed by atoms with Gasteiger partial charge in [-0.2, -0.15) is 0 Å². The van der Waals surface area contributed by atoms with Crippen molar-refractivity contribution in [3.8, 4) is 28.6 Å². The summed E-state index contributed by atoms with van der Waals surface area (Å²) in [5.41, 5.74) is 2.36. The van der Waals surface area contributed by atoms with Crippen LogP contribution in [0, 0.1) is 0 Å². The number of thioether (sulfide) groups is 1. The lowest BCUT2D eigenvalue weighted by molar-refractivity contribution is -0.131. The van der Waals surface area contributed by atoms with Crippen LogP contribution in [-0.4, -0.2) is 60.7 Å². The Morgan fingerprint density at radius 3 is 2.29 bits per heavy atom. The summed E-state index contributed by atoms with van der Waals surface area (Å²) in [4.78, 5) is 18.7. The van der Waals surface area contributed by atoms with E-state index < -0.39 is 5.97 Å². The third-order valence-corrected chi connectivity index (χ3v) is 6.01. The van der Waals surface area contributed by atoms with E-state index in [4.69, 9.17) is 14.2 Å². The van der Waals surface area contributed by atoms with Gasteiger partial charge in [0.15, 0.2) is 5.82 Å². The molecule has 2 aromatic carbocycles. The summed E-state index contributed by atoms with van der Waals surface area (Å²) < 4.78 is 16.1. The maximum atomic E-state index is 12.0. The van der Waals surface area contributed by atoms with Gasteiger partial charge in [0.1, 0.15) is 22.2 Å². The summed E-state index contributed by atoms with van der Waals surface area (Å²) >= 11 is 0.945. The van der Waals surface area contributed by atoms with Crippen LogP contribution in [0.2, 0.25) is 0 Å². The maximum Gasteiger partial charge on any atom is 0.342 e. The maximum absolute atomic E-state index is 12.0. The Bertz CT molecular complexity index is 1150. The predicted octanol–water partition coefficient (Wildman–Crippen LogP) is 4.56. The molecule has 34 heavy (non-hydrogen) atoms. The standard InChI is InChI=1S/C24H28N4O5S/c1-6-28(7-2)17-9-8-15(20(13-17)33-5)12-21(23(29)30)34-24-25-22(26-27-24)16-10-18(31-3)14-19(11-16)32-4/h8-14H,6-7H2,1-5H3,(H,29,30)(H,25,26,27)/b21-12-. The lowest BCUT2D eigenvalue weighted by Gasteiger charge is -2.22. The van der Waals surface area contributed by atoms with Gasteiger partial charge in [-0.1, -0.05) is 0 Å². The fourth-order valence-electron chi connectivity index (χ4n) is 3.34. The van der Waals surface area contributed by atoms with Crippen LogP contribution >= 0.6 is 11.8 Å². The number of carboxylic acids is 1. The number of anilines is 1. The Labute approximate surface area is 202 Å². The van der Waals surface area contributed by atoms with Gasteiger partial charge in [0, 0.05) is 42.0 Å². The van der Waals surface area contributed by atoms with Gasteiger partial charge in [-0.25, -0.2) is 9.78 Å². The average molecular weight is 485 g/mol. The predicted molar refractivity (Wildman–Crippen MR) is 133 cm³/mol. The fourth-order valence-corrected chi connectivity index (χ4v) is 4.04. The van der Waals surface area contributed by atoms with Gasteiger partial charge >= 0.3 is 5.97 Å². The van der Waals surface area contributed by atoms with Crippen molar-refractivity contribution in [3.05, 3.63) is 46.9 Å². The van der Waals surface area contributed by atoms with E-state index in [2.05, 4.69) is 33.9 Å². The van der Waals surface area contributed by atoms with Gasteiger partial charge in [0.05, 0.1) is 21.3 Å². The van der Waals surface area contributed by atoms with Crippen molar-refractivity contribution in [2.45, 2.75) is 19.0 Å². The van der Waals surface area contributed by atoms with Crippen LogP contribution in [0.3, 0.4) is 0 Å². The van der Waals surface area contributed by atoms with Crippen LogP contribution in [0.4, 0.5) is 5.69 Å². The van der Waals surface area contributed by atoms with Crippen LogP contribution in [0.25, 0.3) is 17.5 Å². The van der Waals surface area contributed by atoms with Gasteiger partial charge in [0.2, 0.25) is 5.16 Å². The first kappa shape index (κ1) is 25.0. The molecule has 0 bridgehead atoms. The number of rotatable bonds is 11. The Morgan fingerprint density at radius 1 is 1.06 bits per heavy atom. The lowest BCUT2D eigenvalue weighted by Crippen LogP contribution is -2.21. The van der Waals surface area contributed by atoms with Gasteiger partial charge in [-0.05, 0) is 56.0 Å². The number of H-pyrrole nitrogens is 1. The van der Waals surface area contributed by atoms with Gasteiger partial charge < -0.3 is 24.2 Å². The number of benzene rings is 2. The third kappa shape index (κ3) is 5.82. The monoisotopic (exact) mass is 484 g/mol. The van der Waals surface area contributed by atoms with E-state index in [1.165, 1.54) is 0 Å². The van der Waals surface area contributed by atoms with Gasteiger partial charge in [0.25, 0.3) is 0 Å². The minimum Gasteiger partial charge on any atom is -0.497 e. The largest absolute Gasteiger partial charge is 0.497 e. The molecule has 2 N–H and O–H groups in total. The Morgan fingerprint density at radius 2 is 1.74 bits per heavy atom. The first-order valence-corrected chi connectivity index (χ1v) is 11.5. The lowest BCUT2D eigenvalue weighted by atomic mass is 10.1. The number of nitrogens with zero attached hydrogens (tertiary/aromatic N) is 3. The highest BCUT2D eigenvalue weighted by Gasteiger charge is 2.17. The van der Waals surface area contributed by atoms with E-state index in [0.717, 1.165) is 30.5 Å². The molecule has 0 unspecified atom stereocenters. The molecular formula is C24H28N4O5S. The number of aromatic nitrogens is 3. The van der Waals surface area contributed by atoms with Crippen molar-refractivity contribution in [3.63, 3.8) is 0 Å². The molecule has 0 spiro atoms. The topological polar surface area (TPSA) is 110 Å². The van der Waals surface area contributed by atoms with Crippen molar-refractivity contribution >= 4 is 29.5 Å². The summed E-state index contributed by atoms with van der Waals surface area (Å²) in [5.74, 6) is 1.17. The molecule has 1 aromatic heterocycles. The van der Waals surface area contributed by atoms with E-state index >= 15 is 0 Å². The zero-order valence-electron chi connectivity index (χ0n) is 19.8. The minimum atomic E-state index is -1.09. The molecule has 180 valence electrons. The second-order valence-corrected chi connectivity index (χ2v) is 8.09. The molecule has 1 heterocycles. The van der Waals surface area contributed by atoms with E-state index in [1.807, 2.05) is 18.2 Å². The molecule has 0 saturated heterocycles. The number of nitrogens with one attached hydrogen (secondary N) is 1. The normalized spacial score (nSPS) is 11.3. The molecule has 3 rings (SSSR count). The van der Waals surface area contributed by atoms with E-state index in [9.17, 15) is 9.90 Å². The van der Waals surface area contributed by atoms with Crippen LogP contribution in [0.15, 0.2) is 46.5 Å². The van der Waals surface area contributed by atoms with Crippen molar-refractivity contribution in [1.82, 2.24) is 15.2 Å². The smallest absolute Gasteiger partial charge is 0.342 e. The molecule has 0 saturated carbocycles. The number of aliphatic carboxylic acids is 1. The summed E-state index contributed by atoms with van der Waals surface area (Å²) in [7, 11) is 4.69. The zero-order chi connectivity index (χ0) is 24.7. The average Bonchev–Trinajstić information content (AvgIpc) is 3.33. The summed E-state index contributed by atoms with van der Waals surface area (Å²) in [6, 6.07) is 11.0.